The molecule has 0 radical (unpaired) electrons. The Morgan fingerprint density at radius 2 is 1.92 bits per heavy atom. The average Bonchev–Trinajstić information content (AvgIpc) is 3.18. The normalized spacial score (nSPS) is 17.0. The van der Waals surface area contributed by atoms with Gasteiger partial charge in [0, 0.05) is 18.6 Å². The van der Waals surface area contributed by atoms with Gasteiger partial charge in [0.05, 0.1) is 17.6 Å². The van der Waals surface area contributed by atoms with E-state index in [2.05, 4.69) is 10.5 Å². The molecule has 0 aliphatic heterocycles. The summed E-state index contributed by atoms with van der Waals surface area (Å²) in [6, 6.07) is 1.61. The lowest BCUT2D eigenvalue weighted by Crippen LogP contribution is -2.48. The molecular weight excluding hydrogens is 344 g/mol. The van der Waals surface area contributed by atoms with Crippen LogP contribution in [0.3, 0.4) is 0 Å². The van der Waals surface area contributed by atoms with E-state index >= 15 is 0 Å². The third-order valence-corrected chi connectivity index (χ3v) is 7.90. The van der Waals surface area contributed by atoms with Gasteiger partial charge >= 0.3 is 0 Å². The lowest BCUT2D eigenvalue weighted by Gasteiger charge is -2.26. The maximum absolute atomic E-state index is 12.8. The van der Waals surface area contributed by atoms with E-state index in [-0.39, 0.29) is 11.3 Å². The minimum absolute atomic E-state index is 0.138. The molecule has 7 nitrogen and oxygen atoms in total. The topological polar surface area (TPSA) is 98.5 Å². The first-order valence-electron chi connectivity index (χ1n) is 8.53. The zero-order chi connectivity index (χ0) is 18.9. The van der Waals surface area contributed by atoms with E-state index in [1.54, 1.807) is 13.2 Å². The summed E-state index contributed by atoms with van der Waals surface area (Å²) in [6.45, 7) is 7.21. The zero-order valence-electron chi connectivity index (χ0n) is 15.6. The highest BCUT2D eigenvalue weighted by molar-refractivity contribution is 7.94. The number of hydrogen-bond donors (Lipinski definition) is 1. The van der Waals surface area contributed by atoms with Crippen molar-refractivity contribution < 1.29 is 22.5 Å². The Balaban J connectivity index is 2.15. The Bertz CT molecular complexity index is 715. The number of carbonyl (C=O) groups excluding carboxylic acids is 1. The van der Waals surface area contributed by atoms with Crippen molar-refractivity contribution in [1.82, 2.24) is 5.16 Å². The zero-order valence-corrected chi connectivity index (χ0v) is 16.4. The van der Waals surface area contributed by atoms with E-state index in [9.17, 15) is 13.2 Å². The molecule has 25 heavy (non-hydrogen) atoms. The smallest absolute Gasteiger partial charge is 0.247 e. The number of anilines is 1. The summed E-state index contributed by atoms with van der Waals surface area (Å²) < 4.78 is 34.4. The molecule has 1 heterocycles. The second-order valence-corrected chi connectivity index (χ2v) is 10.6. The maximum Gasteiger partial charge on any atom is 0.247 e. The fraction of sp³-hybridized carbons (Fsp3) is 0.765. The van der Waals surface area contributed by atoms with Gasteiger partial charge in [-0.2, -0.15) is 0 Å². The largest absolute Gasteiger partial charge is 0.384 e. The van der Waals surface area contributed by atoms with Gasteiger partial charge in [-0.1, -0.05) is 31.8 Å². The fourth-order valence-electron chi connectivity index (χ4n) is 3.09. The molecule has 1 aromatic rings. The Kier molecular flexibility index (Phi) is 5.63. The number of sulfone groups is 1. The van der Waals surface area contributed by atoms with Crippen LogP contribution in [0.4, 0.5) is 5.88 Å². The van der Waals surface area contributed by atoms with Crippen molar-refractivity contribution in [3.8, 4) is 0 Å². The average molecular weight is 372 g/mol. The van der Waals surface area contributed by atoms with Gasteiger partial charge in [-0.3, -0.25) is 10.1 Å². The van der Waals surface area contributed by atoms with Crippen LogP contribution in [0.1, 0.15) is 59.1 Å². The predicted molar refractivity (Wildman–Crippen MR) is 95.3 cm³/mol. The summed E-state index contributed by atoms with van der Waals surface area (Å²) in [5.74, 6) is -0.467. The molecule has 1 fully saturated rings. The molecule has 0 aromatic carbocycles. The monoisotopic (exact) mass is 372 g/mol. The standard InChI is InChI=1S/C17H28N2O5S/c1-16(2,11-23-5)13-10-14(24-19-13)18-15(20)17(3,4)25(21,22)12-8-6-7-9-12/h10,12H,6-9,11H2,1-5H3,(H,18,20). The van der Waals surface area contributed by atoms with Crippen molar-refractivity contribution in [1.29, 1.82) is 0 Å². The second-order valence-electron chi connectivity index (χ2n) is 7.81. The SMILES string of the molecule is COCC(C)(C)c1cc(NC(=O)C(C)(C)S(=O)(=O)C2CCCC2)on1. The molecule has 0 spiro atoms. The molecule has 1 amide bonds. The van der Waals surface area contributed by atoms with Crippen LogP contribution in [0.25, 0.3) is 0 Å². The summed E-state index contributed by atoms with van der Waals surface area (Å²) in [5, 5.41) is 6.08. The molecule has 1 saturated carbocycles. The van der Waals surface area contributed by atoms with E-state index in [0.717, 1.165) is 12.8 Å². The molecule has 0 saturated heterocycles. The van der Waals surface area contributed by atoms with Gasteiger partial charge < -0.3 is 9.26 Å². The molecule has 1 aromatic heterocycles. The van der Waals surface area contributed by atoms with E-state index in [1.807, 2.05) is 13.8 Å². The fourth-order valence-corrected chi connectivity index (χ4v) is 5.19. The summed E-state index contributed by atoms with van der Waals surface area (Å²) in [4.78, 5) is 12.6. The van der Waals surface area contributed by atoms with Gasteiger partial charge in [-0.25, -0.2) is 8.42 Å². The quantitative estimate of drug-likeness (QED) is 0.790. The van der Waals surface area contributed by atoms with Crippen molar-refractivity contribution in [3.63, 3.8) is 0 Å². The highest BCUT2D eigenvalue weighted by Gasteiger charge is 2.47. The van der Waals surface area contributed by atoms with Crippen molar-refractivity contribution >= 4 is 21.6 Å². The van der Waals surface area contributed by atoms with E-state index in [0.29, 0.717) is 25.1 Å². The number of ether oxygens (including phenoxy) is 1. The highest BCUT2D eigenvalue weighted by Crippen LogP contribution is 2.33. The maximum atomic E-state index is 12.8. The number of hydrogen-bond acceptors (Lipinski definition) is 6. The summed E-state index contributed by atoms with van der Waals surface area (Å²) in [5.41, 5.74) is 0.244. The number of carbonyl (C=O) groups is 1. The number of rotatable bonds is 7. The van der Waals surface area contributed by atoms with Crippen LogP contribution in [0.5, 0.6) is 0 Å². The van der Waals surface area contributed by atoms with Crippen LogP contribution >= 0.6 is 0 Å². The number of nitrogens with one attached hydrogen (secondary N) is 1. The molecule has 1 aliphatic carbocycles. The Hall–Kier alpha value is -1.41. The molecule has 0 unspecified atom stereocenters. The van der Waals surface area contributed by atoms with Crippen LogP contribution in [0.15, 0.2) is 10.6 Å². The Morgan fingerprint density at radius 1 is 1.32 bits per heavy atom. The first kappa shape index (κ1) is 19.9. The van der Waals surface area contributed by atoms with Crippen LogP contribution < -0.4 is 5.32 Å². The molecule has 1 N–H and O–H groups in total. The minimum Gasteiger partial charge on any atom is -0.384 e. The molecule has 0 atom stereocenters. The van der Waals surface area contributed by atoms with E-state index < -0.39 is 25.7 Å². The number of amides is 1. The minimum atomic E-state index is -3.58. The van der Waals surface area contributed by atoms with Crippen molar-refractivity contribution in [3.05, 3.63) is 11.8 Å². The number of nitrogens with zero attached hydrogens (tertiary/aromatic N) is 1. The summed E-state index contributed by atoms with van der Waals surface area (Å²) in [6.07, 6.45) is 3.02. The van der Waals surface area contributed by atoms with Gasteiger partial charge in [0.1, 0.15) is 4.75 Å². The molecule has 0 bridgehead atoms. The molecule has 142 valence electrons. The molecule has 1 aliphatic rings. The lowest BCUT2D eigenvalue weighted by molar-refractivity contribution is -0.118. The van der Waals surface area contributed by atoms with Gasteiger partial charge in [0.25, 0.3) is 0 Å². The lowest BCUT2D eigenvalue weighted by atomic mass is 9.90. The van der Waals surface area contributed by atoms with E-state index in [1.165, 1.54) is 13.8 Å². The van der Waals surface area contributed by atoms with Crippen LogP contribution in [0.2, 0.25) is 0 Å². The van der Waals surface area contributed by atoms with Crippen LogP contribution in [-0.4, -0.2) is 43.2 Å². The molecule has 2 rings (SSSR count). The van der Waals surface area contributed by atoms with Crippen molar-refractivity contribution in [2.24, 2.45) is 0 Å². The highest BCUT2D eigenvalue weighted by atomic mass is 32.2. The Labute approximate surface area is 149 Å². The van der Waals surface area contributed by atoms with Crippen molar-refractivity contribution in [2.75, 3.05) is 19.0 Å². The summed E-state index contributed by atoms with van der Waals surface area (Å²) in [7, 11) is -1.98. The number of aromatic nitrogens is 1. The summed E-state index contributed by atoms with van der Waals surface area (Å²) >= 11 is 0. The van der Waals surface area contributed by atoms with Gasteiger partial charge in [0.2, 0.25) is 11.8 Å². The second kappa shape index (κ2) is 7.07. The first-order valence-corrected chi connectivity index (χ1v) is 10.1. The van der Waals surface area contributed by atoms with Crippen molar-refractivity contribution in [2.45, 2.75) is 68.8 Å². The molecular formula is C17H28N2O5S. The van der Waals surface area contributed by atoms with Gasteiger partial charge in [-0.05, 0) is 26.7 Å². The first-order chi connectivity index (χ1) is 11.5. The number of methoxy groups -OCH3 is 1. The molecule has 8 heteroatoms. The van der Waals surface area contributed by atoms with Crippen LogP contribution in [0, 0.1) is 0 Å². The van der Waals surface area contributed by atoms with E-state index in [4.69, 9.17) is 9.26 Å². The predicted octanol–water partition coefficient (Wildman–Crippen LogP) is 2.67. The third kappa shape index (κ3) is 3.89. The van der Waals surface area contributed by atoms with Gasteiger partial charge in [-0.15, -0.1) is 0 Å². The van der Waals surface area contributed by atoms with Gasteiger partial charge in [0.15, 0.2) is 9.84 Å². The third-order valence-electron chi connectivity index (χ3n) is 4.94. The van der Waals surface area contributed by atoms with Crippen LogP contribution in [-0.2, 0) is 24.8 Å². The Morgan fingerprint density at radius 3 is 2.48 bits per heavy atom.